The van der Waals surface area contributed by atoms with E-state index in [9.17, 15) is 0 Å². The summed E-state index contributed by atoms with van der Waals surface area (Å²) in [7, 11) is 0. The Balaban J connectivity index is 2.64. The van der Waals surface area contributed by atoms with Crippen LogP contribution in [0.1, 0.15) is 13.8 Å². The fourth-order valence-electron chi connectivity index (χ4n) is 0.785. The fourth-order valence-corrected chi connectivity index (χ4v) is 0.785. The third-order valence-electron chi connectivity index (χ3n) is 1.17. The zero-order valence-electron chi connectivity index (χ0n) is 6.42. The highest BCUT2D eigenvalue weighted by atomic mass is 16.5. The van der Waals surface area contributed by atoms with Crippen LogP contribution in [-0.4, -0.2) is 6.61 Å². The van der Waals surface area contributed by atoms with E-state index >= 15 is 0 Å². The van der Waals surface area contributed by atoms with Gasteiger partial charge in [-0.2, -0.15) is 0 Å². The highest BCUT2D eigenvalue weighted by molar-refractivity contribution is 5.23. The SMILES string of the molecule is CC(C)=CC1=CC=CCO1. The van der Waals surface area contributed by atoms with Gasteiger partial charge in [0.2, 0.25) is 0 Å². The van der Waals surface area contributed by atoms with Crippen LogP contribution in [-0.2, 0) is 4.74 Å². The van der Waals surface area contributed by atoms with Crippen molar-refractivity contribution in [1.82, 2.24) is 0 Å². The lowest BCUT2D eigenvalue weighted by Crippen LogP contribution is -1.93. The predicted molar refractivity (Wildman–Crippen MR) is 42.6 cm³/mol. The quantitative estimate of drug-likeness (QED) is 0.538. The summed E-state index contributed by atoms with van der Waals surface area (Å²) in [6.07, 6.45) is 8.00. The minimum absolute atomic E-state index is 0.704. The summed E-state index contributed by atoms with van der Waals surface area (Å²) in [6.45, 7) is 4.82. The summed E-state index contributed by atoms with van der Waals surface area (Å²) >= 11 is 0. The Morgan fingerprint density at radius 2 is 2.40 bits per heavy atom. The van der Waals surface area contributed by atoms with Crippen molar-refractivity contribution in [2.75, 3.05) is 6.61 Å². The molecule has 0 aromatic heterocycles. The first kappa shape index (κ1) is 7.13. The maximum absolute atomic E-state index is 5.29. The number of rotatable bonds is 1. The van der Waals surface area contributed by atoms with Crippen LogP contribution in [0.15, 0.2) is 35.6 Å². The van der Waals surface area contributed by atoms with Crippen molar-refractivity contribution in [2.24, 2.45) is 0 Å². The van der Waals surface area contributed by atoms with E-state index in [-0.39, 0.29) is 0 Å². The molecule has 0 N–H and O–H groups in total. The largest absolute Gasteiger partial charge is 0.490 e. The molecular weight excluding hydrogens is 124 g/mol. The van der Waals surface area contributed by atoms with Crippen LogP contribution in [0.3, 0.4) is 0 Å². The van der Waals surface area contributed by atoms with Gasteiger partial charge in [0, 0.05) is 0 Å². The Bertz CT molecular complexity index is 190. The van der Waals surface area contributed by atoms with E-state index in [0.29, 0.717) is 6.61 Å². The molecule has 1 heteroatoms. The summed E-state index contributed by atoms with van der Waals surface area (Å²) in [4.78, 5) is 0. The van der Waals surface area contributed by atoms with Crippen LogP contribution in [0.25, 0.3) is 0 Å². The molecular formula is C9H12O. The maximum atomic E-state index is 5.29. The lowest BCUT2D eigenvalue weighted by molar-refractivity contribution is 0.257. The van der Waals surface area contributed by atoms with Gasteiger partial charge < -0.3 is 4.74 Å². The van der Waals surface area contributed by atoms with E-state index in [2.05, 4.69) is 13.8 Å². The Morgan fingerprint density at radius 3 is 2.90 bits per heavy atom. The topological polar surface area (TPSA) is 9.23 Å². The molecule has 0 aliphatic carbocycles. The van der Waals surface area contributed by atoms with Crippen molar-refractivity contribution < 1.29 is 4.74 Å². The normalized spacial score (nSPS) is 15.6. The van der Waals surface area contributed by atoms with Crippen molar-refractivity contribution >= 4 is 0 Å². The van der Waals surface area contributed by atoms with E-state index < -0.39 is 0 Å². The molecule has 1 heterocycles. The molecule has 0 spiro atoms. The van der Waals surface area contributed by atoms with Crippen molar-refractivity contribution in [3.05, 3.63) is 35.6 Å². The van der Waals surface area contributed by atoms with Gasteiger partial charge in [0.1, 0.15) is 12.4 Å². The predicted octanol–water partition coefficient (Wildman–Crippen LogP) is 2.42. The van der Waals surface area contributed by atoms with E-state index in [1.165, 1.54) is 5.57 Å². The first-order chi connectivity index (χ1) is 4.79. The maximum Gasteiger partial charge on any atom is 0.119 e. The van der Waals surface area contributed by atoms with Crippen LogP contribution in [0.2, 0.25) is 0 Å². The molecule has 0 unspecified atom stereocenters. The summed E-state index contributed by atoms with van der Waals surface area (Å²) < 4.78 is 5.29. The molecule has 0 aromatic carbocycles. The van der Waals surface area contributed by atoms with Gasteiger partial charge >= 0.3 is 0 Å². The smallest absolute Gasteiger partial charge is 0.119 e. The molecule has 10 heavy (non-hydrogen) atoms. The molecule has 0 atom stereocenters. The van der Waals surface area contributed by atoms with E-state index in [1.807, 2.05) is 24.3 Å². The highest BCUT2D eigenvalue weighted by Gasteiger charge is 1.93. The molecule has 1 aliphatic rings. The molecule has 0 bridgehead atoms. The van der Waals surface area contributed by atoms with Gasteiger partial charge in [0.15, 0.2) is 0 Å². The summed E-state index contributed by atoms with van der Waals surface area (Å²) in [6, 6.07) is 0. The lowest BCUT2D eigenvalue weighted by Gasteiger charge is -2.06. The number of allylic oxidation sites excluding steroid dienone is 4. The Hall–Kier alpha value is -0.980. The minimum atomic E-state index is 0.704. The molecule has 0 aromatic rings. The monoisotopic (exact) mass is 136 g/mol. The van der Waals surface area contributed by atoms with Crippen molar-refractivity contribution in [2.45, 2.75) is 13.8 Å². The Morgan fingerprint density at radius 1 is 1.60 bits per heavy atom. The van der Waals surface area contributed by atoms with Gasteiger partial charge in [-0.25, -0.2) is 0 Å². The second-order valence-corrected chi connectivity index (χ2v) is 2.53. The van der Waals surface area contributed by atoms with Gasteiger partial charge in [0.25, 0.3) is 0 Å². The molecule has 0 saturated carbocycles. The van der Waals surface area contributed by atoms with E-state index in [4.69, 9.17) is 4.74 Å². The molecule has 1 aliphatic heterocycles. The number of hydrogen-bond donors (Lipinski definition) is 0. The van der Waals surface area contributed by atoms with Gasteiger partial charge in [-0.3, -0.25) is 0 Å². The van der Waals surface area contributed by atoms with Crippen molar-refractivity contribution in [3.8, 4) is 0 Å². The molecule has 0 radical (unpaired) electrons. The highest BCUT2D eigenvalue weighted by Crippen LogP contribution is 2.07. The zero-order valence-corrected chi connectivity index (χ0v) is 6.42. The van der Waals surface area contributed by atoms with Crippen LogP contribution < -0.4 is 0 Å². The number of hydrogen-bond acceptors (Lipinski definition) is 1. The zero-order chi connectivity index (χ0) is 7.40. The molecule has 1 rings (SSSR count). The van der Waals surface area contributed by atoms with Gasteiger partial charge in [0.05, 0.1) is 0 Å². The third kappa shape index (κ3) is 2.09. The first-order valence-corrected chi connectivity index (χ1v) is 3.43. The molecule has 0 saturated heterocycles. The average molecular weight is 136 g/mol. The molecule has 1 nitrogen and oxygen atoms in total. The lowest BCUT2D eigenvalue weighted by atomic mass is 10.2. The second kappa shape index (κ2) is 3.25. The van der Waals surface area contributed by atoms with Gasteiger partial charge in [-0.05, 0) is 32.1 Å². The molecule has 0 amide bonds. The average Bonchev–Trinajstić information content (AvgIpc) is 1.88. The Labute approximate surface area is 61.7 Å². The summed E-state index contributed by atoms with van der Waals surface area (Å²) in [5.74, 6) is 0.961. The van der Waals surface area contributed by atoms with Crippen LogP contribution >= 0.6 is 0 Å². The van der Waals surface area contributed by atoms with Gasteiger partial charge in [-0.1, -0.05) is 11.6 Å². The molecule has 54 valence electrons. The molecule has 0 fully saturated rings. The van der Waals surface area contributed by atoms with Crippen LogP contribution in [0.5, 0.6) is 0 Å². The summed E-state index contributed by atoms with van der Waals surface area (Å²) in [5.41, 5.74) is 1.27. The van der Waals surface area contributed by atoms with E-state index in [1.54, 1.807) is 0 Å². The van der Waals surface area contributed by atoms with Crippen LogP contribution in [0, 0.1) is 0 Å². The van der Waals surface area contributed by atoms with Crippen molar-refractivity contribution in [1.29, 1.82) is 0 Å². The standard InChI is InChI=1S/C9H12O/c1-8(2)7-9-5-3-4-6-10-9/h3-5,7H,6H2,1-2H3. The summed E-state index contributed by atoms with van der Waals surface area (Å²) in [5, 5.41) is 0. The second-order valence-electron chi connectivity index (χ2n) is 2.53. The van der Waals surface area contributed by atoms with Crippen LogP contribution in [0.4, 0.5) is 0 Å². The van der Waals surface area contributed by atoms with E-state index in [0.717, 1.165) is 5.76 Å². The first-order valence-electron chi connectivity index (χ1n) is 3.43. The van der Waals surface area contributed by atoms with Crippen molar-refractivity contribution in [3.63, 3.8) is 0 Å². The Kier molecular flexibility index (Phi) is 2.32. The van der Waals surface area contributed by atoms with Gasteiger partial charge in [-0.15, -0.1) is 0 Å². The number of ether oxygens (including phenoxy) is 1. The fraction of sp³-hybridized carbons (Fsp3) is 0.333. The minimum Gasteiger partial charge on any atom is -0.490 e. The third-order valence-corrected chi connectivity index (χ3v) is 1.17.